The molecule has 5 nitrogen and oxygen atoms in total. The van der Waals surface area contributed by atoms with Crippen molar-refractivity contribution in [3.63, 3.8) is 0 Å². The summed E-state index contributed by atoms with van der Waals surface area (Å²) < 4.78 is 14.2. The first kappa shape index (κ1) is 19.0. The van der Waals surface area contributed by atoms with Crippen molar-refractivity contribution in [3.8, 4) is 0 Å². The molecule has 0 aliphatic heterocycles. The molecule has 140 valence electrons. The predicted octanol–water partition coefficient (Wildman–Crippen LogP) is 3.88. The zero-order valence-electron chi connectivity index (χ0n) is 15.0. The Hall–Kier alpha value is -2.80. The number of hydrogen-bond donors (Lipinski definition) is 2. The van der Waals surface area contributed by atoms with Crippen molar-refractivity contribution in [2.24, 2.45) is 0 Å². The van der Waals surface area contributed by atoms with Gasteiger partial charge in [0.2, 0.25) is 11.8 Å². The van der Waals surface area contributed by atoms with E-state index in [1.54, 1.807) is 12.1 Å². The van der Waals surface area contributed by atoms with E-state index in [2.05, 4.69) is 15.6 Å². The number of carbonyl (C=O) groups excluding carboxylic acids is 2. The maximum absolute atomic E-state index is 13.2. The summed E-state index contributed by atoms with van der Waals surface area (Å²) in [5, 5.41) is 6.49. The second-order valence-corrected chi connectivity index (χ2v) is 7.38. The lowest BCUT2D eigenvalue weighted by molar-refractivity contribution is -0.123. The van der Waals surface area contributed by atoms with Gasteiger partial charge in [-0.2, -0.15) is 0 Å². The van der Waals surface area contributed by atoms with Gasteiger partial charge in [0.15, 0.2) is 0 Å². The van der Waals surface area contributed by atoms with Gasteiger partial charge in [0, 0.05) is 6.92 Å². The molecule has 1 aromatic heterocycles. The minimum Gasteiger partial charge on any atom is -0.349 e. The molecule has 2 atom stereocenters. The Morgan fingerprint density at radius 2 is 1.81 bits per heavy atom. The number of halogens is 1. The maximum Gasteiger partial charge on any atom is 0.222 e. The summed E-state index contributed by atoms with van der Waals surface area (Å²) in [6.45, 7) is 3.26. The molecule has 0 bridgehead atoms. The Morgan fingerprint density at radius 3 is 2.48 bits per heavy atom. The number of para-hydroxylation sites is 1. The van der Waals surface area contributed by atoms with Crippen LogP contribution in [-0.4, -0.2) is 16.8 Å². The van der Waals surface area contributed by atoms with E-state index < -0.39 is 6.04 Å². The van der Waals surface area contributed by atoms with Crippen molar-refractivity contribution < 1.29 is 14.0 Å². The molecule has 3 aromatic rings. The van der Waals surface area contributed by atoms with Crippen LogP contribution in [0.2, 0.25) is 0 Å². The lowest BCUT2D eigenvalue weighted by Crippen LogP contribution is -2.33. The number of thiazole rings is 1. The molecule has 3 rings (SSSR count). The smallest absolute Gasteiger partial charge is 0.222 e. The molecule has 1 heterocycles. The van der Waals surface area contributed by atoms with Crippen molar-refractivity contribution in [3.05, 3.63) is 64.9 Å². The van der Waals surface area contributed by atoms with Crippen LogP contribution in [0.25, 0.3) is 10.2 Å². The molecular weight excluding hydrogens is 365 g/mol. The third-order valence-corrected chi connectivity index (χ3v) is 5.32. The minimum absolute atomic E-state index is 0.0560. The van der Waals surface area contributed by atoms with Gasteiger partial charge in [0.1, 0.15) is 10.8 Å². The van der Waals surface area contributed by atoms with Gasteiger partial charge in [-0.25, -0.2) is 9.37 Å². The highest BCUT2D eigenvalue weighted by molar-refractivity contribution is 7.18. The zero-order valence-corrected chi connectivity index (χ0v) is 15.8. The second kappa shape index (κ2) is 8.26. The van der Waals surface area contributed by atoms with Gasteiger partial charge < -0.3 is 10.6 Å². The summed E-state index contributed by atoms with van der Waals surface area (Å²) in [6.07, 6.45) is 0.0560. The number of aromatic nitrogens is 1. The number of carbonyl (C=O) groups is 2. The van der Waals surface area contributed by atoms with E-state index >= 15 is 0 Å². The fourth-order valence-electron chi connectivity index (χ4n) is 2.82. The number of hydrogen-bond acceptors (Lipinski definition) is 4. The molecule has 2 aromatic carbocycles. The highest BCUT2D eigenvalue weighted by Gasteiger charge is 2.20. The van der Waals surface area contributed by atoms with Gasteiger partial charge in [-0.05, 0) is 36.8 Å². The SMILES string of the molecule is CC(=O)N[C@@H](CC(=O)N[C@H](C)c1nc2ccccc2s1)c1ccc(F)cc1. The quantitative estimate of drug-likeness (QED) is 0.676. The highest BCUT2D eigenvalue weighted by atomic mass is 32.1. The van der Waals surface area contributed by atoms with Crippen LogP contribution in [0.1, 0.15) is 42.9 Å². The van der Waals surface area contributed by atoms with Gasteiger partial charge in [0.25, 0.3) is 0 Å². The van der Waals surface area contributed by atoms with Crippen LogP contribution < -0.4 is 10.6 Å². The number of fused-ring (bicyclic) bond motifs is 1. The molecule has 0 saturated carbocycles. The zero-order chi connectivity index (χ0) is 19.4. The Balaban J connectivity index is 1.69. The summed E-state index contributed by atoms with van der Waals surface area (Å²) in [4.78, 5) is 28.6. The molecule has 0 aliphatic rings. The molecular formula is C20H20FN3O2S. The lowest BCUT2D eigenvalue weighted by atomic mass is 10.0. The van der Waals surface area contributed by atoms with E-state index in [0.29, 0.717) is 5.56 Å². The third-order valence-electron chi connectivity index (χ3n) is 4.10. The second-order valence-electron chi connectivity index (χ2n) is 6.32. The van der Waals surface area contributed by atoms with Crippen LogP contribution in [0, 0.1) is 5.82 Å². The molecule has 0 spiro atoms. The maximum atomic E-state index is 13.2. The number of benzene rings is 2. The fourth-order valence-corrected chi connectivity index (χ4v) is 3.79. The van der Waals surface area contributed by atoms with E-state index in [4.69, 9.17) is 0 Å². The largest absolute Gasteiger partial charge is 0.349 e. The predicted molar refractivity (Wildman–Crippen MR) is 104 cm³/mol. The van der Waals surface area contributed by atoms with Crippen LogP contribution >= 0.6 is 11.3 Å². The molecule has 2 N–H and O–H groups in total. The van der Waals surface area contributed by atoms with Crippen molar-refractivity contribution in [2.45, 2.75) is 32.4 Å². The van der Waals surface area contributed by atoms with Crippen LogP contribution in [0.5, 0.6) is 0 Å². The Labute approximate surface area is 160 Å². The average molecular weight is 385 g/mol. The van der Waals surface area contributed by atoms with Crippen molar-refractivity contribution in [2.75, 3.05) is 0 Å². The average Bonchev–Trinajstić information content (AvgIpc) is 3.05. The molecule has 0 radical (unpaired) electrons. The standard InChI is InChI=1S/C20H20FN3O2S/c1-12(20-24-16-5-3-4-6-18(16)27-20)22-19(26)11-17(23-13(2)25)14-7-9-15(21)10-8-14/h3-10,12,17H,11H2,1-2H3,(H,22,26)(H,23,25)/t12-,17+/m1/s1. The number of amides is 2. The topological polar surface area (TPSA) is 71.1 Å². The van der Waals surface area contributed by atoms with Crippen LogP contribution in [-0.2, 0) is 9.59 Å². The molecule has 27 heavy (non-hydrogen) atoms. The summed E-state index contributed by atoms with van der Waals surface area (Å²) >= 11 is 1.54. The molecule has 0 aliphatic carbocycles. The van der Waals surface area contributed by atoms with Gasteiger partial charge in [-0.3, -0.25) is 9.59 Å². The van der Waals surface area contributed by atoms with Gasteiger partial charge in [0.05, 0.1) is 28.7 Å². The minimum atomic E-state index is -0.523. The Morgan fingerprint density at radius 1 is 1.11 bits per heavy atom. The summed E-state index contributed by atoms with van der Waals surface area (Å²) in [5.74, 6) is -0.838. The van der Waals surface area contributed by atoms with Crippen molar-refractivity contribution in [1.29, 1.82) is 0 Å². The van der Waals surface area contributed by atoms with E-state index in [9.17, 15) is 14.0 Å². The van der Waals surface area contributed by atoms with Gasteiger partial charge in [-0.15, -0.1) is 11.3 Å². The molecule has 0 saturated heterocycles. The number of nitrogens with one attached hydrogen (secondary N) is 2. The molecule has 0 unspecified atom stereocenters. The van der Waals surface area contributed by atoms with Gasteiger partial charge >= 0.3 is 0 Å². The van der Waals surface area contributed by atoms with E-state index in [1.807, 2.05) is 31.2 Å². The first-order valence-corrected chi connectivity index (χ1v) is 9.41. The van der Waals surface area contributed by atoms with Crippen molar-refractivity contribution in [1.82, 2.24) is 15.6 Å². The normalized spacial score (nSPS) is 13.1. The van der Waals surface area contributed by atoms with Crippen LogP contribution in [0.3, 0.4) is 0 Å². The van der Waals surface area contributed by atoms with E-state index in [1.165, 1.54) is 30.4 Å². The first-order chi connectivity index (χ1) is 12.9. The molecule has 2 amide bonds. The first-order valence-electron chi connectivity index (χ1n) is 8.60. The van der Waals surface area contributed by atoms with Crippen LogP contribution in [0.4, 0.5) is 4.39 Å². The third kappa shape index (κ3) is 4.89. The van der Waals surface area contributed by atoms with Gasteiger partial charge in [-0.1, -0.05) is 24.3 Å². The van der Waals surface area contributed by atoms with Crippen molar-refractivity contribution >= 4 is 33.4 Å². The summed E-state index contributed by atoms with van der Waals surface area (Å²) in [5.41, 5.74) is 1.58. The Bertz CT molecular complexity index is 922. The fraction of sp³-hybridized carbons (Fsp3) is 0.250. The summed E-state index contributed by atoms with van der Waals surface area (Å²) in [7, 11) is 0. The monoisotopic (exact) mass is 385 g/mol. The van der Waals surface area contributed by atoms with Crippen LogP contribution in [0.15, 0.2) is 48.5 Å². The van der Waals surface area contributed by atoms with E-state index in [0.717, 1.165) is 15.2 Å². The van der Waals surface area contributed by atoms with E-state index in [-0.39, 0.29) is 30.1 Å². The lowest BCUT2D eigenvalue weighted by Gasteiger charge is -2.19. The Kier molecular flexibility index (Phi) is 5.81. The number of nitrogens with zero attached hydrogens (tertiary/aromatic N) is 1. The molecule has 0 fully saturated rings. The summed E-state index contributed by atoms with van der Waals surface area (Å²) in [6, 6.07) is 12.8. The molecule has 7 heteroatoms. The number of rotatable bonds is 6. The highest BCUT2D eigenvalue weighted by Crippen LogP contribution is 2.26.